The van der Waals surface area contributed by atoms with Crippen LogP contribution in [0.15, 0.2) is 48.8 Å². The molecule has 0 saturated carbocycles. The van der Waals surface area contributed by atoms with Crippen LogP contribution in [-0.4, -0.2) is 76.3 Å². The number of benzene rings is 2. The molecule has 10 nitrogen and oxygen atoms in total. The smallest absolute Gasteiger partial charge is 0.237 e. The minimum absolute atomic E-state index is 0.126. The molecular formula is C36H40Cl2N6O4. The van der Waals surface area contributed by atoms with Crippen molar-refractivity contribution in [1.82, 2.24) is 30.2 Å². The van der Waals surface area contributed by atoms with Crippen LogP contribution >= 0.6 is 23.2 Å². The quantitative estimate of drug-likeness (QED) is 0.182. The van der Waals surface area contributed by atoms with Crippen LogP contribution in [0.5, 0.6) is 11.8 Å². The van der Waals surface area contributed by atoms with Crippen molar-refractivity contribution in [1.29, 1.82) is 0 Å². The molecule has 0 spiro atoms. The predicted molar refractivity (Wildman–Crippen MR) is 186 cm³/mol. The number of aromatic nitrogens is 4. The molecule has 2 saturated heterocycles. The van der Waals surface area contributed by atoms with E-state index in [2.05, 4.69) is 24.1 Å². The Hall–Kier alpha value is -3.83. The summed E-state index contributed by atoms with van der Waals surface area (Å²) in [6, 6.07) is 12.3. The molecule has 4 heterocycles. The molecule has 2 aliphatic rings. The lowest BCUT2D eigenvalue weighted by molar-refractivity contribution is -0.119. The Kier molecular flexibility index (Phi) is 10.8. The number of nitrogens with zero attached hydrogens (tertiary/aromatic N) is 5. The molecule has 0 aliphatic carbocycles. The van der Waals surface area contributed by atoms with Gasteiger partial charge in [-0.3, -0.25) is 19.7 Å². The standard InChI is InChI=1S/C36H40Cl2N6O4/c1-21-19-48-20-22(2)44(21)18-31-36(47-4)43-30(17-40-31)27-12-7-10-25(34(27)38)24-9-6-11-26(33(24)37)29-16-39-28(35(42-29)46-3)13-5-8-23-14-15-32(45)41-23/h6-7,9-12,16-17,21-23H,5,8,13-15,18-20H2,1-4H3,(H,41,45)/t21-,22-,23+/m0/s1. The number of amides is 1. The average molecular weight is 692 g/mol. The van der Waals surface area contributed by atoms with Gasteiger partial charge in [-0.2, -0.15) is 0 Å². The third kappa shape index (κ3) is 7.27. The predicted octanol–water partition coefficient (Wildman–Crippen LogP) is 6.80. The Morgan fingerprint density at radius 3 is 1.94 bits per heavy atom. The Morgan fingerprint density at radius 2 is 1.40 bits per heavy atom. The van der Waals surface area contributed by atoms with Crippen LogP contribution in [0.25, 0.3) is 33.6 Å². The fourth-order valence-electron chi connectivity index (χ4n) is 6.47. The largest absolute Gasteiger partial charge is 0.480 e. The first-order chi connectivity index (χ1) is 23.3. The number of nitrogens with one attached hydrogen (secondary N) is 1. The average Bonchev–Trinajstić information content (AvgIpc) is 3.51. The number of aryl methyl sites for hydroxylation is 1. The first-order valence-electron chi connectivity index (χ1n) is 16.3. The van der Waals surface area contributed by atoms with Crippen molar-refractivity contribution in [2.45, 2.75) is 70.6 Å². The highest BCUT2D eigenvalue weighted by atomic mass is 35.5. The summed E-state index contributed by atoms with van der Waals surface area (Å²) in [5.41, 5.74) is 5.63. The molecule has 0 radical (unpaired) electrons. The van der Waals surface area contributed by atoms with Crippen molar-refractivity contribution in [3.05, 3.63) is 70.2 Å². The van der Waals surface area contributed by atoms with Gasteiger partial charge in [0.25, 0.3) is 0 Å². The van der Waals surface area contributed by atoms with Crippen molar-refractivity contribution in [2.24, 2.45) is 0 Å². The van der Waals surface area contributed by atoms with Crippen molar-refractivity contribution in [2.75, 3.05) is 27.4 Å². The zero-order valence-electron chi connectivity index (χ0n) is 27.6. The highest BCUT2D eigenvalue weighted by Crippen LogP contribution is 2.42. The number of carbonyl (C=O) groups is 1. The maximum atomic E-state index is 11.5. The third-order valence-electron chi connectivity index (χ3n) is 9.08. The summed E-state index contributed by atoms with van der Waals surface area (Å²) in [5.74, 6) is 1.04. The minimum Gasteiger partial charge on any atom is -0.480 e. The van der Waals surface area contributed by atoms with Gasteiger partial charge in [0.15, 0.2) is 0 Å². The number of methoxy groups -OCH3 is 2. The monoisotopic (exact) mass is 690 g/mol. The zero-order valence-corrected chi connectivity index (χ0v) is 29.1. The van der Waals surface area contributed by atoms with Gasteiger partial charge in [0, 0.05) is 53.3 Å². The van der Waals surface area contributed by atoms with Crippen molar-refractivity contribution in [3.63, 3.8) is 0 Å². The lowest BCUT2D eigenvalue weighted by Crippen LogP contribution is -2.49. The summed E-state index contributed by atoms with van der Waals surface area (Å²) in [6.45, 7) is 6.26. The highest BCUT2D eigenvalue weighted by molar-refractivity contribution is 6.39. The van der Waals surface area contributed by atoms with Gasteiger partial charge in [0.2, 0.25) is 17.7 Å². The molecule has 1 amide bonds. The van der Waals surface area contributed by atoms with E-state index < -0.39 is 0 Å². The molecule has 6 rings (SSSR count). The van der Waals surface area contributed by atoms with Gasteiger partial charge in [-0.1, -0.05) is 59.6 Å². The van der Waals surface area contributed by atoms with Gasteiger partial charge in [0.1, 0.15) is 11.4 Å². The zero-order chi connectivity index (χ0) is 33.8. The topological polar surface area (TPSA) is 112 Å². The molecule has 0 unspecified atom stereocenters. The van der Waals surface area contributed by atoms with Gasteiger partial charge in [-0.15, -0.1) is 0 Å². The highest BCUT2D eigenvalue weighted by Gasteiger charge is 2.28. The second-order valence-corrected chi connectivity index (χ2v) is 13.1. The number of hydrogen-bond acceptors (Lipinski definition) is 9. The molecular weight excluding hydrogens is 651 g/mol. The van der Waals surface area contributed by atoms with Crippen LogP contribution in [0.3, 0.4) is 0 Å². The molecule has 1 N–H and O–H groups in total. The van der Waals surface area contributed by atoms with Gasteiger partial charge in [-0.25, -0.2) is 9.97 Å². The molecule has 2 fully saturated rings. The van der Waals surface area contributed by atoms with Gasteiger partial charge in [0.05, 0.1) is 61.3 Å². The Balaban J connectivity index is 1.25. The van der Waals surface area contributed by atoms with Crippen LogP contribution in [0.2, 0.25) is 10.0 Å². The summed E-state index contributed by atoms with van der Waals surface area (Å²) >= 11 is 14.2. The summed E-state index contributed by atoms with van der Waals surface area (Å²) in [7, 11) is 3.19. The maximum absolute atomic E-state index is 11.5. The lowest BCUT2D eigenvalue weighted by Gasteiger charge is -2.38. The van der Waals surface area contributed by atoms with Crippen LogP contribution in [0, 0.1) is 0 Å². The first-order valence-corrected chi connectivity index (χ1v) is 17.0. The van der Waals surface area contributed by atoms with Crippen LogP contribution in [-0.2, 0) is 22.5 Å². The summed E-state index contributed by atoms with van der Waals surface area (Å²) in [5, 5.41) is 4.00. The second kappa shape index (κ2) is 15.2. The van der Waals surface area contributed by atoms with Crippen LogP contribution in [0.4, 0.5) is 0 Å². The van der Waals surface area contributed by atoms with E-state index in [1.54, 1.807) is 26.6 Å². The third-order valence-corrected chi connectivity index (χ3v) is 9.90. The number of carbonyl (C=O) groups excluding carboxylic acids is 1. The Labute approximate surface area is 291 Å². The number of ether oxygens (including phenoxy) is 3. The first kappa shape index (κ1) is 34.0. The number of morpholine rings is 1. The minimum atomic E-state index is 0.126. The SMILES string of the molecule is COc1nc(-c2cccc(-c3cccc(-c4cnc(CN5[C@@H](C)COC[C@@H]5C)c(OC)n4)c3Cl)c2Cl)cnc1CCC[C@@H]1CCC(=O)N1. The fraction of sp³-hybridized carbons (Fsp3) is 0.417. The van der Waals surface area contributed by atoms with E-state index in [1.807, 2.05) is 36.4 Å². The van der Waals surface area contributed by atoms with Gasteiger partial charge < -0.3 is 19.5 Å². The molecule has 4 aromatic rings. The van der Waals surface area contributed by atoms with E-state index in [1.165, 1.54) is 0 Å². The van der Waals surface area contributed by atoms with Gasteiger partial charge >= 0.3 is 0 Å². The summed E-state index contributed by atoms with van der Waals surface area (Å²) in [4.78, 5) is 32.9. The Morgan fingerprint density at radius 1 is 0.854 bits per heavy atom. The van der Waals surface area contributed by atoms with Crippen molar-refractivity contribution < 1.29 is 19.0 Å². The molecule has 12 heteroatoms. The Bertz CT molecular complexity index is 1780. The second-order valence-electron chi connectivity index (χ2n) is 12.4. The van der Waals surface area contributed by atoms with E-state index in [0.29, 0.717) is 76.9 Å². The molecule has 3 atom stereocenters. The molecule has 2 aliphatic heterocycles. The van der Waals surface area contributed by atoms with E-state index >= 15 is 0 Å². The molecule has 2 aromatic heterocycles. The molecule has 252 valence electrons. The maximum Gasteiger partial charge on any atom is 0.237 e. The summed E-state index contributed by atoms with van der Waals surface area (Å²) in [6.07, 6.45) is 7.39. The van der Waals surface area contributed by atoms with E-state index in [9.17, 15) is 4.79 Å². The van der Waals surface area contributed by atoms with E-state index in [4.69, 9.17) is 57.3 Å². The lowest BCUT2D eigenvalue weighted by atomic mass is 9.98. The molecule has 48 heavy (non-hydrogen) atoms. The van der Waals surface area contributed by atoms with Crippen LogP contribution in [0.1, 0.15) is 50.9 Å². The fourth-order valence-corrected chi connectivity index (χ4v) is 7.11. The van der Waals surface area contributed by atoms with E-state index in [-0.39, 0.29) is 24.0 Å². The van der Waals surface area contributed by atoms with Crippen LogP contribution < -0.4 is 14.8 Å². The number of hydrogen-bond donors (Lipinski definition) is 1. The van der Waals surface area contributed by atoms with Gasteiger partial charge in [-0.05, 0) is 39.5 Å². The number of halogens is 2. The molecule has 0 bridgehead atoms. The van der Waals surface area contributed by atoms with E-state index in [0.717, 1.165) is 41.8 Å². The van der Waals surface area contributed by atoms with Crippen molar-refractivity contribution in [3.8, 4) is 45.4 Å². The number of rotatable bonds is 11. The van der Waals surface area contributed by atoms with Crippen molar-refractivity contribution >= 4 is 29.1 Å². The summed E-state index contributed by atoms with van der Waals surface area (Å²) < 4.78 is 17.0. The normalized spacial score (nSPS) is 19.7. The molecule has 2 aromatic carbocycles.